The number of fused-ring (bicyclic) bond motifs is 3. The Kier molecular flexibility index (Phi) is 6.44. The van der Waals surface area contributed by atoms with Crippen molar-refractivity contribution >= 4 is 40.5 Å². The van der Waals surface area contributed by atoms with Crippen molar-refractivity contribution in [3.8, 4) is 0 Å². The molecular formula is C33H30N6O5S. The number of benzene rings is 3. The van der Waals surface area contributed by atoms with Crippen LogP contribution in [0.25, 0.3) is 5.57 Å². The van der Waals surface area contributed by atoms with E-state index in [4.69, 9.17) is 9.73 Å². The number of nitrogens with one attached hydrogen (secondary N) is 1. The lowest BCUT2D eigenvalue weighted by Gasteiger charge is -2.49. The van der Waals surface area contributed by atoms with Gasteiger partial charge in [0.05, 0.1) is 17.9 Å². The SMILES string of the molecule is CCOC(=O)C(C)N1C(=O)/C(=c2\sc3n(c2=O)NC2(c4ccccc4)N(C)C(=O)N(C)C2(c2ccccc2)N=3)c2ccccc21. The van der Waals surface area contributed by atoms with Gasteiger partial charge in [0.25, 0.3) is 11.5 Å². The molecule has 0 saturated carbocycles. The quantitative estimate of drug-likeness (QED) is 0.342. The monoisotopic (exact) mass is 622 g/mol. The molecule has 3 atom stereocenters. The van der Waals surface area contributed by atoms with E-state index in [1.165, 1.54) is 9.58 Å². The predicted octanol–water partition coefficient (Wildman–Crippen LogP) is 2.29. The van der Waals surface area contributed by atoms with Gasteiger partial charge in [0, 0.05) is 30.8 Å². The molecule has 3 amide bonds. The number of hydrogen-bond donors (Lipinski definition) is 1. The second-order valence-corrected chi connectivity index (χ2v) is 12.1. The first-order valence-corrected chi connectivity index (χ1v) is 15.4. The third-order valence-electron chi connectivity index (χ3n) is 8.86. The van der Waals surface area contributed by atoms with E-state index in [1.54, 1.807) is 62.0 Å². The highest BCUT2D eigenvalue weighted by molar-refractivity contribution is 7.07. The first kappa shape index (κ1) is 28.5. The Morgan fingerprint density at radius 3 is 2.20 bits per heavy atom. The molecule has 1 aromatic heterocycles. The van der Waals surface area contributed by atoms with Crippen LogP contribution < -0.4 is 25.2 Å². The summed E-state index contributed by atoms with van der Waals surface area (Å²) in [6, 6.07) is 24.8. The van der Waals surface area contributed by atoms with Crippen LogP contribution in [0.4, 0.5) is 10.5 Å². The van der Waals surface area contributed by atoms with Crippen LogP contribution in [-0.4, -0.2) is 59.1 Å². The van der Waals surface area contributed by atoms with Gasteiger partial charge in [-0.15, -0.1) is 0 Å². The average Bonchev–Trinajstić information content (AvgIpc) is 3.59. The molecule has 45 heavy (non-hydrogen) atoms. The molecule has 3 aromatic carbocycles. The Morgan fingerprint density at radius 1 is 0.911 bits per heavy atom. The van der Waals surface area contributed by atoms with Gasteiger partial charge in [0.2, 0.25) is 16.1 Å². The third-order valence-corrected chi connectivity index (χ3v) is 9.89. The van der Waals surface area contributed by atoms with Crippen LogP contribution in [0.5, 0.6) is 0 Å². The number of urea groups is 1. The van der Waals surface area contributed by atoms with E-state index in [1.807, 2.05) is 60.7 Å². The highest BCUT2D eigenvalue weighted by Crippen LogP contribution is 2.53. The highest BCUT2D eigenvalue weighted by atomic mass is 32.1. The van der Waals surface area contributed by atoms with Crippen LogP contribution in [-0.2, 0) is 25.7 Å². The zero-order valence-electron chi connectivity index (χ0n) is 25.1. The topological polar surface area (TPSA) is 117 Å². The van der Waals surface area contributed by atoms with Gasteiger partial charge in [-0.25, -0.2) is 14.6 Å². The van der Waals surface area contributed by atoms with Crippen molar-refractivity contribution in [3.05, 3.63) is 121 Å². The van der Waals surface area contributed by atoms with E-state index in [2.05, 4.69) is 5.43 Å². The maximum absolute atomic E-state index is 14.4. The van der Waals surface area contributed by atoms with E-state index >= 15 is 0 Å². The number of thiazole rings is 1. The van der Waals surface area contributed by atoms with Crippen LogP contribution in [0.3, 0.4) is 0 Å². The summed E-state index contributed by atoms with van der Waals surface area (Å²) in [5.41, 5.74) is 2.95. The average molecular weight is 623 g/mol. The summed E-state index contributed by atoms with van der Waals surface area (Å²) < 4.78 is 6.72. The van der Waals surface area contributed by atoms with Crippen LogP contribution >= 0.6 is 11.3 Å². The number of nitrogens with zero attached hydrogens (tertiary/aromatic N) is 5. The summed E-state index contributed by atoms with van der Waals surface area (Å²) in [7, 11) is 3.38. The van der Waals surface area contributed by atoms with Crippen molar-refractivity contribution in [3.63, 3.8) is 0 Å². The van der Waals surface area contributed by atoms with Gasteiger partial charge in [-0.05, 0) is 19.9 Å². The maximum atomic E-state index is 14.4. The first-order valence-electron chi connectivity index (χ1n) is 14.6. The molecule has 3 aliphatic heterocycles. The first-order chi connectivity index (χ1) is 21.7. The Hall–Kier alpha value is -5.23. The number of ether oxygens (including phenoxy) is 1. The molecule has 1 saturated heterocycles. The molecule has 11 nitrogen and oxygen atoms in total. The molecule has 1 fully saturated rings. The highest BCUT2D eigenvalue weighted by Gasteiger charge is 2.69. The normalized spacial score (nSPS) is 23.6. The molecule has 0 radical (unpaired) electrons. The van der Waals surface area contributed by atoms with Gasteiger partial charge in [0.1, 0.15) is 10.6 Å². The minimum atomic E-state index is -1.34. The van der Waals surface area contributed by atoms with Crippen LogP contribution in [0.15, 0.2) is 94.7 Å². The van der Waals surface area contributed by atoms with Gasteiger partial charge >= 0.3 is 12.0 Å². The number of para-hydroxylation sites is 1. The van der Waals surface area contributed by atoms with Crippen molar-refractivity contribution < 1.29 is 19.1 Å². The van der Waals surface area contributed by atoms with Gasteiger partial charge in [-0.2, -0.15) is 4.68 Å². The lowest BCUT2D eigenvalue weighted by atomic mass is 9.80. The number of aromatic nitrogens is 1. The van der Waals surface area contributed by atoms with Crippen molar-refractivity contribution in [2.45, 2.75) is 31.2 Å². The summed E-state index contributed by atoms with van der Waals surface area (Å²) >= 11 is 1.06. The van der Waals surface area contributed by atoms with Crippen molar-refractivity contribution in [1.82, 2.24) is 14.5 Å². The molecule has 0 bridgehead atoms. The molecule has 4 aromatic rings. The second-order valence-electron chi connectivity index (χ2n) is 11.1. The van der Waals surface area contributed by atoms with E-state index in [0.29, 0.717) is 16.8 Å². The summed E-state index contributed by atoms with van der Waals surface area (Å²) in [4.78, 5) is 65.1. The van der Waals surface area contributed by atoms with Gasteiger partial charge in [-0.3, -0.25) is 29.7 Å². The molecule has 4 heterocycles. The number of anilines is 1. The number of esters is 1. The largest absolute Gasteiger partial charge is 0.464 e. The summed E-state index contributed by atoms with van der Waals surface area (Å²) in [6.07, 6.45) is 0. The number of rotatable bonds is 5. The Labute approximate surface area is 262 Å². The van der Waals surface area contributed by atoms with Crippen LogP contribution in [0.2, 0.25) is 0 Å². The summed E-state index contributed by atoms with van der Waals surface area (Å²) in [5, 5.41) is 0. The minimum Gasteiger partial charge on any atom is -0.464 e. The number of likely N-dealkylation sites (N-methyl/N-ethyl adjacent to an activating group) is 2. The smallest absolute Gasteiger partial charge is 0.328 e. The molecule has 1 N–H and O–H groups in total. The molecule has 3 aliphatic rings. The minimum absolute atomic E-state index is 0.167. The van der Waals surface area contributed by atoms with Crippen molar-refractivity contribution in [1.29, 1.82) is 0 Å². The third kappa shape index (κ3) is 3.65. The lowest BCUT2D eigenvalue weighted by molar-refractivity contribution is -0.145. The molecular weight excluding hydrogens is 592 g/mol. The molecule has 3 unspecified atom stereocenters. The summed E-state index contributed by atoms with van der Waals surface area (Å²) in [6.45, 7) is 3.49. The lowest BCUT2D eigenvalue weighted by Crippen LogP contribution is -2.67. The Balaban J connectivity index is 1.54. The van der Waals surface area contributed by atoms with Crippen molar-refractivity contribution in [2.75, 3.05) is 31.0 Å². The van der Waals surface area contributed by atoms with Gasteiger partial charge in [-0.1, -0.05) is 90.2 Å². The fraction of sp³-hybridized carbons (Fsp3) is 0.242. The summed E-state index contributed by atoms with van der Waals surface area (Å²) in [5.74, 6) is -1.02. The van der Waals surface area contributed by atoms with E-state index < -0.39 is 34.8 Å². The predicted molar refractivity (Wildman–Crippen MR) is 168 cm³/mol. The standard InChI is InChI=1S/C33H30N6O5S/c1-5-44-29(42)20(2)38-24-19-13-12-18-23(24)25(27(38)40)26-28(41)39-30(45-26)34-32(21-14-8-6-9-15-21)33(35-39,22-16-10-7-11-17-22)37(4)31(43)36(32)3/h6-20,35H,5H2,1-4H3/b26-25-. The molecule has 7 rings (SSSR count). The van der Waals surface area contributed by atoms with E-state index in [9.17, 15) is 19.2 Å². The zero-order valence-corrected chi connectivity index (χ0v) is 25.9. The molecule has 0 aliphatic carbocycles. The maximum Gasteiger partial charge on any atom is 0.328 e. The number of carbonyl (C=O) groups excluding carboxylic acids is 3. The number of hydrogen-bond acceptors (Lipinski definition) is 8. The van der Waals surface area contributed by atoms with Gasteiger partial charge in [0.15, 0.2) is 0 Å². The fourth-order valence-electron chi connectivity index (χ4n) is 6.78. The molecule has 0 spiro atoms. The Morgan fingerprint density at radius 2 is 1.53 bits per heavy atom. The van der Waals surface area contributed by atoms with E-state index in [0.717, 1.165) is 16.9 Å². The van der Waals surface area contributed by atoms with Crippen molar-refractivity contribution in [2.24, 2.45) is 4.99 Å². The second kappa shape index (κ2) is 10.2. The molecule has 228 valence electrons. The zero-order chi connectivity index (χ0) is 31.7. The van der Waals surface area contributed by atoms with Crippen LogP contribution in [0, 0.1) is 0 Å². The number of carbonyl (C=O) groups is 3. The fourth-order valence-corrected chi connectivity index (χ4v) is 7.84. The van der Waals surface area contributed by atoms with E-state index in [-0.39, 0.29) is 27.5 Å². The van der Waals surface area contributed by atoms with Crippen LogP contribution in [0.1, 0.15) is 30.5 Å². The molecule has 12 heteroatoms. The number of amides is 3. The Bertz CT molecular complexity index is 2060. The van der Waals surface area contributed by atoms with Gasteiger partial charge < -0.3 is 4.74 Å².